The third-order valence-corrected chi connectivity index (χ3v) is 3.62. The van der Waals surface area contributed by atoms with Crippen LogP contribution in [0.15, 0.2) is 42.5 Å². The SMILES string of the molecule is NC(=S)N(Nc1cccc(C(F)(F)F)c1)c1ccc2c(c1)OCCO2. The van der Waals surface area contributed by atoms with Gasteiger partial charge in [0.25, 0.3) is 0 Å². The number of anilines is 2. The van der Waals surface area contributed by atoms with Gasteiger partial charge in [-0.2, -0.15) is 13.2 Å². The van der Waals surface area contributed by atoms with Gasteiger partial charge in [0.1, 0.15) is 13.2 Å². The Labute approximate surface area is 147 Å². The maximum absolute atomic E-state index is 12.9. The van der Waals surface area contributed by atoms with Crippen LogP contribution in [0.5, 0.6) is 11.5 Å². The van der Waals surface area contributed by atoms with Crippen molar-refractivity contribution in [3.63, 3.8) is 0 Å². The van der Waals surface area contributed by atoms with Gasteiger partial charge in [0, 0.05) is 6.07 Å². The minimum atomic E-state index is -4.44. The molecule has 0 spiro atoms. The number of ether oxygens (including phenoxy) is 2. The van der Waals surface area contributed by atoms with E-state index in [1.165, 1.54) is 17.1 Å². The third kappa shape index (κ3) is 3.87. The number of benzene rings is 2. The second kappa shape index (κ2) is 6.67. The fourth-order valence-electron chi connectivity index (χ4n) is 2.31. The summed E-state index contributed by atoms with van der Waals surface area (Å²) in [4.78, 5) is 0. The minimum Gasteiger partial charge on any atom is -0.486 e. The van der Waals surface area contributed by atoms with Gasteiger partial charge in [-0.25, -0.2) is 5.01 Å². The van der Waals surface area contributed by atoms with Crippen LogP contribution in [-0.4, -0.2) is 18.3 Å². The number of hydrazine groups is 1. The fraction of sp³-hybridized carbons (Fsp3) is 0.188. The highest BCUT2D eigenvalue weighted by molar-refractivity contribution is 7.80. The zero-order chi connectivity index (χ0) is 18.0. The third-order valence-electron chi connectivity index (χ3n) is 3.44. The summed E-state index contributed by atoms with van der Waals surface area (Å²) in [6.45, 7) is 0.860. The van der Waals surface area contributed by atoms with E-state index >= 15 is 0 Å². The lowest BCUT2D eigenvalue weighted by Crippen LogP contribution is -2.40. The molecule has 9 heteroatoms. The monoisotopic (exact) mass is 369 g/mol. The Morgan fingerprint density at radius 2 is 1.80 bits per heavy atom. The van der Waals surface area contributed by atoms with Gasteiger partial charge < -0.3 is 15.2 Å². The van der Waals surface area contributed by atoms with Crippen LogP contribution in [-0.2, 0) is 6.18 Å². The number of rotatable bonds is 3. The summed E-state index contributed by atoms with van der Waals surface area (Å²) in [5, 5.41) is 1.23. The van der Waals surface area contributed by atoms with Crippen LogP contribution in [0.1, 0.15) is 5.56 Å². The van der Waals surface area contributed by atoms with Crippen molar-refractivity contribution in [3.05, 3.63) is 48.0 Å². The Morgan fingerprint density at radius 3 is 2.48 bits per heavy atom. The highest BCUT2D eigenvalue weighted by atomic mass is 32.1. The Hall–Kier alpha value is -2.68. The number of nitrogens with zero attached hydrogens (tertiary/aromatic N) is 1. The predicted molar refractivity (Wildman–Crippen MR) is 91.8 cm³/mol. The lowest BCUT2D eigenvalue weighted by molar-refractivity contribution is -0.137. The first kappa shape index (κ1) is 17.2. The molecule has 1 aliphatic rings. The van der Waals surface area contributed by atoms with Gasteiger partial charge in [0.15, 0.2) is 16.6 Å². The standard InChI is InChI=1S/C16H14F3N3O2S/c17-16(18,19)10-2-1-3-11(8-10)21-22(15(20)25)12-4-5-13-14(9-12)24-7-6-23-13/h1-5,8-9,21H,6-7H2,(H2,20,25). The topological polar surface area (TPSA) is 59.8 Å². The molecule has 3 rings (SSSR count). The number of thiocarbonyl (C=S) groups is 1. The van der Waals surface area contributed by atoms with E-state index < -0.39 is 11.7 Å². The van der Waals surface area contributed by atoms with Crippen LogP contribution < -0.4 is 25.6 Å². The van der Waals surface area contributed by atoms with Crippen molar-refractivity contribution in [2.24, 2.45) is 5.73 Å². The summed E-state index contributed by atoms with van der Waals surface area (Å²) in [5.41, 5.74) is 8.43. The molecule has 0 radical (unpaired) electrons. The van der Waals surface area contributed by atoms with Gasteiger partial charge in [0.05, 0.1) is 16.9 Å². The average molecular weight is 369 g/mol. The summed E-state index contributed by atoms with van der Waals surface area (Å²) >= 11 is 5.01. The van der Waals surface area contributed by atoms with Crippen molar-refractivity contribution in [3.8, 4) is 11.5 Å². The van der Waals surface area contributed by atoms with Gasteiger partial charge in [-0.05, 0) is 42.5 Å². The Balaban J connectivity index is 1.89. The van der Waals surface area contributed by atoms with Crippen LogP contribution in [0.4, 0.5) is 24.5 Å². The van der Waals surface area contributed by atoms with Crippen molar-refractivity contribution >= 4 is 28.7 Å². The molecule has 0 fully saturated rings. The molecule has 132 valence electrons. The van der Waals surface area contributed by atoms with E-state index in [1.807, 2.05) is 0 Å². The van der Waals surface area contributed by atoms with Gasteiger partial charge in [0.2, 0.25) is 0 Å². The number of hydrogen-bond acceptors (Lipinski definition) is 4. The highest BCUT2D eigenvalue weighted by Gasteiger charge is 2.30. The van der Waals surface area contributed by atoms with E-state index in [4.69, 9.17) is 27.4 Å². The second-order valence-electron chi connectivity index (χ2n) is 5.19. The molecule has 0 bridgehead atoms. The van der Waals surface area contributed by atoms with Crippen molar-refractivity contribution in [1.29, 1.82) is 0 Å². The van der Waals surface area contributed by atoms with Crippen LogP contribution >= 0.6 is 12.2 Å². The maximum Gasteiger partial charge on any atom is 0.416 e. The first-order chi connectivity index (χ1) is 11.8. The molecule has 3 N–H and O–H groups in total. The number of nitrogens with two attached hydrogens (primary N) is 1. The van der Waals surface area contributed by atoms with Gasteiger partial charge in [-0.1, -0.05) is 6.07 Å². The molecule has 0 unspecified atom stereocenters. The van der Waals surface area contributed by atoms with Gasteiger partial charge in [-0.15, -0.1) is 0 Å². The first-order valence-corrected chi connectivity index (χ1v) is 7.68. The fourth-order valence-corrected chi connectivity index (χ4v) is 2.46. The lowest BCUT2D eigenvalue weighted by atomic mass is 10.2. The van der Waals surface area contributed by atoms with E-state index in [1.54, 1.807) is 18.2 Å². The molecule has 0 saturated carbocycles. The molecule has 2 aromatic rings. The molecule has 0 amide bonds. The van der Waals surface area contributed by atoms with E-state index in [2.05, 4.69) is 5.43 Å². The zero-order valence-corrected chi connectivity index (χ0v) is 13.7. The smallest absolute Gasteiger partial charge is 0.416 e. The van der Waals surface area contributed by atoms with Crippen LogP contribution in [0.3, 0.4) is 0 Å². The molecule has 5 nitrogen and oxygen atoms in total. The number of nitrogens with one attached hydrogen (secondary N) is 1. The normalized spacial score (nSPS) is 13.2. The number of hydrogen-bond donors (Lipinski definition) is 2. The summed E-state index contributed by atoms with van der Waals surface area (Å²) in [6.07, 6.45) is -4.44. The number of fused-ring (bicyclic) bond motifs is 1. The Morgan fingerprint density at radius 1 is 1.08 bits per heavy atom. The van der Waals surface area contributed by atoms with Gasteiger partial charge >= 0.3 is 6.18 Å². The molecule has 2 aromatic carbocycles. The van der Waals surface area contributed by atoms with Crippen LogP contribution in [0, 0.1) is 0 Å². The van der Waals surface area contributed by atoms with E-state index in [0.717, 1.165) is 12.1 Å². The van der Waals surface area contributed by atoms with E-state index in [0.29, 0.717) is 30.4 Å². The molecular weight excluding hydrogens is 355 g/mol. The van der Waals surface area contributed by atoms with Gasteiger partial charge in [-0.3, -0.25) is 5.43 Å². The predicted octanol–water partition coefficient (Wildman–Crippen LogP) is 3.55. The Bertz CT molecular complexity index is 798. The van der Waals surface area contributed by atoms with Crippen molar-refractivity contribution in [2.45, 2.75) is 6.18 Å². The molecule has 0 saturated heterocycles. The molecule has 0 atom stereocenters. The van der Waals surface area contributed by atoms with E-state index in [9.17, 15) is 13.2 Å². The van der Waals surface area contributed by atoms with E-state index in [-0.39, 0.29) is 10.8 Å². The van der Waals surface area contributed by atoms with Crippen molar-refractivity contribution in [1.82, 2.24) is 0 Å². The number of alkyl halides is 3. The molecule has 25 heavy (non-hydrogen) atoms. The summed E-state index contributed by atoms with van der Waals surface area (Å²) in [7, 11) is 0. The maximum atomic E-state index is 12.9. The summed E-state index contributed by atoms with van der Waals surface area (Å²) < 4.78 is 49.5. The quantitative estimate of drug-likeness (QED) is 0.637. The molecule has 1 aliphatic heterocycles. The highest BCUT2D eigenvalue weighted by Crippen LogP contribution is 2.35. The van der Waals surface area contributed by atoms with Crippen LogP contribution in [0.25, 0.3) is 0 Å². The van der Waals surface area contributed by atoms with Crippen molar-refractivity contribution in [2.75, 3.05) is 23.6 Å². The molecular formula is C16H14F3N3O2S. The minimum absolute atomic E-state index is 0.0610. The molecule has 0 aliphatic carbocycles. The molecule has 1 heterocycles. The summed E-state index contributed by atoms with van der Waals surface area (Å²) in [6, 6.07) is 9.75. The average Bonchev–Trinajstić information content (AvgIpc) is 2.58. The molecule has 0 aromatic heterocycles. The largest absolute Gasteiger partial charge is 0.486 e. The summed E-state index contributed by atoms with van der Waals surface area (Å²) in [5.74, 6) is 1.09. The van der Waals surface area contributed by atoms with Crippen molar-refractivity contribution < 1.29 is 22.6 Å². The Kier molecular flexibility index (Phi) is 4.58. The second-order valence-corrected chi connectivity index (χ2v) is 5.61. The first-order valence-electron chi connectivity index (χ1n) is 7.28. The lowest BCUT2D eigenvalue weighted by Gasteiger charge is -2.27. The number of halogens is 3. The van der Waals surface area contributed by atoms with Crippen LogP contribution in [0.2, 0.25) is 0 Å². The zero-order valence-electron chi connectivity index (χ0n) is 12.8.